The van der Waals surface area contributed by atoms with Crippen LogP contribution >= 0.6 is 0 Å². The summed E-state index contributed by atoms with van der Waals surface area (Å²) in [4.78, 5) is 11.5. The highest BCUT2D eigenvalue weighted by Crippen LogP contribution is 2.16. The Bertz CT molecular complexity index is 447. The second-order valence-corrected chi connectivity index (χ2v) is 4.47. The molecule has 0 saturated heterocycles. The Kier molecular flexibility index (Phi) is 4.34. The number of nitrogens with zero attached hydrogens (tertiary/aromatic N) is 1. The van der Waals surface area contributed by atoms with Gasteiger partial charge in [-0.2, -0.15) is 5.10 Å². The van der Waals surface area contributed by atoms with E-state index in [0.717, 1.165) is 29.9 Å². The van der Waals surface area contributed by atoms with E-state index in [-0.39, 0.29) is 12.5 Å². The first-order chi connectivity index (χ1) is 8.75. The Hall–Kier alpha value is -1.84. The van der Waals surface area contributed by atoms with E-state index in [1.54, 1.807) is 0 Å². The van der Waals surface area contributed by atoms with Gasteiger partial charge in [-0.1, -0.05) is 18.2 Å². The van der Waals surface area contributed by atoms with Crippen LogP contribution in [-0.4, -0.2) is 18.2 Å². The van der Waals surface area contributed by atoms with E-state index in [0.29, 0.717) is 0 Å². The average Bonchev–Trinajstić information content (AvgIpc) is 2.88. The van der Waals surface area contributed by atoms with E-state index in [9.17, 15) is 4.79 Å². The molecule has 1 saturated carbocycles. The average molecular weight is 246 g/mol. The quantitative estimate of drug-likeness (QED) is 0.829. The molecule has 96 valence electrons. The topological polar surface area (TPSA) is 50.7 Å². The second kappa shape index (κ2) is 6.19. The number of para-hydroxylation sites is 1. The zero-order valence-corrected chi connectivity index (χ0v) is 10.6. The van der Waals surface area contributed by atoms with Crippen molar-refractivity contribution in [3.8, 4) is 5.75 Å². The number of hydrogen-bond acceptors (Lipinski definition) is 3. The molecule has 0 heterocycles. The largest absolute Gasteiger partial charge is 0.483 e. The van der Waals surface area contributed by atoms with Crippen LogP contribution in [0.15, 0.2) is 29.4 Å². The summed E-state index contributed by atoms with van der Waals surface area (Å²) in [5.41, 5.74) is 4.64. The van der Waals surface area contributed by atoms with Crippen molar-refractivity contribution in [2.45, 2.75) is 32.6 Å². The first-order valence-corrected chi connectivity index (χ1v) is 6.28. The molecule has 1 aromatic rings. The van der Waals surface area contributed by atoms with Crippen LogP contribution in [0.25, 0.3) is 0 Å². The monoisotopic (exact) mass is 246 g/mol. The molecule has 0 spiro atoms. The summed E-state index contributed by atoms with van der Waals surface area (Å²) in [5, 5.41) is 4.09. The van der Waals surface area contributed by atoms with Crippen molar-refractivity contribution >= 4 is 11.6 Å². The second-order valence-electron chi connectivity index (χ2n) is 4.47. The van der Waals surface area contributed by atoms with Gasteiger partial charge in [0.25, 0.3) is 5.91 Å². The van der Waals surface area contributed by atoms with Crippen LogP contribution in [0.3, 0.4) is 0 Å². The van der Waals surface area contributed by atoms with Gasteiger partial charge in [-0.05, 0) is 44.2 Å². The smallest absolute Gasteiger partial charge is 0.277 e. The number of ether oxygens (including phenoxy) is 1. The third-order valence-electron chi connectivity index (χ3n) is 2.97. The van der Waals surface area contributed by atoms with E-state index in [2.05, 4.69) is 10.5 Å². The third kappa shape index (κ3) is 3.58. The first kappa shape index (κ1) is 12.6. The van der Waals surface area contributed by atoms with Gasteiger partial charge in [0, 0.05) is 5.71 Å². The molecule has 0 radical (unpaired) electrons. The first-order valence-electron chi connectivity index (χ1n) is 6.28. The number of benzene rings is 1. The van der Waals surface area contributed by atoms with Crippen LogP contribution in [0.2, 0.25) is 0 Å². The summed E-state index contributed by atoms with van der Waals surface area (Å²) in [5.74, 6) is 0.527. The maximum atomic E-state index is 11.5. The molecule has 1 aliphatic carbocycles. The number of carbonyl (C=O) groups excluding carboxylic acids is 1. The van der Waals surface area contributed by atoms with Gasteiger partial charge in [-0.15, -0.1) is 0 Å². The molecule has 18 heavy (non-hydrogen) atoms. The van der Waals surface area contributed by atoms with Crippen molar-refractivity contribution in [3.63, 3.8) is 0 Å². The highest BCUT2D eigenvalue weighted by Gasteiger charge is 2.09. The maximum absolute atomic E-state index is 11.5. The van der Waals surface area contributed by atoms with Crippen LogP contribution in [0.5, 0.6) is 5.75 Å². The molecule has 4 heteroatoms. The van der Waals surface area contributed by atoms with Crippen LogP contribution in [0, 0.1) is 6.92 Å². The number of rotatable bonds is 4. The predicted octanol–water partition coefficient (Wildman–Crippen LogP) is 2.42. The Morgan fingerprint density at radius 2 is 2.06 bits per heavy atom. The van der Waals surface area contributed by atoms with Crippen molar-refractivity contribution in [2.75, 3.05) is 6.61 Å². The predicted molar refractivity (Wildman–Crippen MR) is 70.7 cm³/mol. The lowest BCUT2D eigenvalue weighted by Gasteiger charge is -2.07. The van der Waals surface area contributed by atoms with E-state index < -0.39 is 0 Å². The zero-order chi connectivity index (χ0) is 12.8. The molecular weight excluding hydrogens is 228 g/mol. The highest BCUT2D eigenvalue weighted by atomic mass is 16.5. The minimum absolute atomic E-state index is 0.00162. The van der Waals surface area contributed by atoms with Gasteiger partial charge in [0.2, 0.25) is 0 Å². The lowest BCUT2D eigenvalue weighted by Crippen LogP contribution is -2.25. The fourth-order valence-corrected chi connectivity index (χ4v) is 1.93. The molecule has 0 aliphatic heterocycles. The molecule has 1 fully saturated rings. The van der Waals surface area contributed by atoms with Gasteiger partial charge in [-0.25, -0.2) is 5.43 Å². The minimum atomic E-state index is -0.211. The molecule has 1 amide bonds. The summed E-state index contributed by atoms with van der Waals surface area (Å²) in [6.45, 7) is 1.95. The number of hydrazone groups is 1. The lowest BCUT2D eigenvalue weighted by molar-refractivity contribution is -0.123. The fraction of sp³-hybridized carbons (Fsp3) is 0.429. The number of nitrogens with one attached hydrogen (secondary N) is 1. The molecule has 0 aromatic heterocycles. The molecule has 1 N–H and O–H groups in total. The van der Waals surface area contributed by atoms with E-state index in [1.807, 2.05) is 31.2 Å². The lowest BCUT2D eigenvalue weighted by atomic mass is 10.2. The molecule has 0 bridgehead atoms. The minimum Gasteiger partial charge on any atom is -0.483 e. The Labute approximate surface area is 107 Å². The van der Waals surface area contributed by atoms with Gasteiger partial charge in [0.15, 0.2) is 6.61 Å². The van der Waals surface area contributed by atoms with Gasteiger partial charge in [0.1, 0.15) is 5.75 Å². The molecule has 2 rings (SSSR count). The number of amides is 1. The maximum Gasteiger partial charge on any atom is 0.277 e. The Morgan fingerprint density at radius 1 is 1.33 bits per heavy atom. The zero-order valence-electron chi connectivity index (χ0n) is 10.6. The van der Waals surface area contributed by atoms with E-state index in [4.69, 9.17) is 4.74 Å². The molecule has 1 aromatic carbocycles. The van der Waals surface area contributed by atoms with Gasteiger partial charge >= 0.3 is 0 Å². The summed E-state index contributed by atoms with van der Waals surface area (Å²) in [7, 11) is 0. The summed E-state index contributed by atoms with van der Waals surface area (Å²) >= 11 is 0. The van der Waals surface area contributed by atoms with Crippen molar-refractivity contribution in [1.29, 1.82) is 0 Å². The van der Waals surface area contributed by atoms with Gasteiger partial charge in [-0.3, -0.25) is 4.79 Å². The molecular formula is C14H18N2O2. The van der Waals surface area contributed by atoms with Crippen molar-refractivity contribution in [1.82, 2.24) is 5.43 Å². The van der Waals surface area contributed by atoms with E-state index >= 15 is 0 Å². The Morgan fingerprint density at radius 3 is 2.78 bits per heavy atom. The van der Waals surface area contributed by atoms with Crippen molar-refractivity contribution in [2.24, 2.45) is 5.10 Å². The van der Waals surface area contributed by atoms with Crippen molar-refractivity contribution < 1.29 is 9.53 Å². The van der Waals surface area contributed by atoms with Crippen LogP contribution in [0.4, 0.5) is 0 Å². The molecule has 0 atom stereocenters. The summed E-state index contributed by atoms with van der Waals surface area (Å²) < 4.78 is 5.43. The van der Waals surface area contributed by atoms with Gasteiger partial charge in [0.05, 0.1) is 0 Å². The highest BCUT2D eigenvalue weighted by molar-refractivity contribution is 5.87. The Balaban J connectivity index is 1.78. The van der Waals surface area contributed by atoms with Crippen LogP contribution in [-0.2, 0) is 4.79 Å². The molecule has 0 unspecified atom stereocenters. The fourth-order valence-electron chi connectivity index (χ4n) is 1.93. The SMILES string of the molecule is Cc1ccccc1OCC(=O)NN=C1CCCC1. The van der Waals surface area contributed by atoms with Crippen LogP contribution in [0.1, 0.15) is 31.2 Å². The van der Waals surface area contributed by atoms with Crippen molar-refractivity contribution in [3.05, 3.63) is 29.8 Å². The number of carbonyl (C=O) groups is 1. The standard InChI is InChI=1S/C14H18N2O2/c1-11-6-2-5-9-13(11)18-10-14(17)16-15-12-7-3-4-8-12/h2,5-6,9H,3-4,7-8,10H2,1H3,(H,16,17). The third-order valence-corrected chi connectivity index (χ3v) is 2.97. The summed E-state index contributed by atoms with van der Waals surface area (Å²) in [6.07, 6.45) is 4.35. The molecule has 1 aliphatic rings. The van der Waals surface area contributed by atoms with E-state index in [1.165, 1.54) is 12.8 Å². The number of aryl methyl sites for hydroxylation is 1. The number of hydrogen-bond donors (Lipinski definition) is 1. The molecule has 4 nitrogen and oxygen atoms in total. The van der Waals surface area contributed by atoms with Gasteiger partial charge < -0.3 is 4.74 Å². The van der Waals surface area contributed by atoms with Crippen LogP contribution < -0.4 is 10.2 Å². The normalized spacial score (nSPS) is 14.4. The summed E-state index contributed by atoms with van der Waals surface area (Å²) in [6, 6.07) is 7.63.